The van der Waals surface area contributed by atoms with Crippen molar-refractivity contribution in [1.29, 1.82) is 0 Å². The Morgan fingerprint density at radius 2 is 0.788 bits per heavy atom. The fraction of sp³-hybridized carbons (Fsp3) is 0. The van der Waals surface area contributed by atoms with Gasteiger partial charge in [-0.1, -0.05) is 152 Å². The molecule has 0 atom stereocenters. The zero-order valence-corrected chi connectivity index (χ0v) is 35.6. The number of benzene rings is 10. The van der Waals surface area contributed by atoms with E-state index >= 15 is 0 Å². The van der Waals surface area contributed by atoms with E-state index in [1.165, 1.54) is 75.7 Å². The Morgan fingerprint density at radius 1 is 0.303 bits per heavy atom. The minimum Gasteiger partial charge on any atom is -0.308 e. The second-order valence-corrected chi connectivity index (χ2v) is 17.5. The van der Waals surface area contributed by atoms with Gasteiger partial charge in [0.05, 0.1) is 45.2 Å². The molecule has 5 heterocycles. The largest absolute Gasteiger partial charge is 0.308 e. The Balaban J connectivity index is 1.15. The molecular formula is C61H37N5. The second kappa shape index (κ2) is 13.3. The number of hydrogen-bond donors (Lipinski definition) is 0. The third kappa shape index (κ3) is 4.65. The van der Waals surface area contributed by atoms with E-state index in [0.29, 0.717) is 0 Å². The Bertz CT molecular complexity index is 4310. The van der Waals surface area contributed by atoms with Crippen molar-refractivity contribution >= 4 is 132 Å². The summed E-state index contributed by atoms with van der Waals surface area (Å²) in [6.45, 7) is 0. The van der Waals surface area contributed by atoms with Crippen molar-refractivity contribution in [3.8, 4) is 0 Å². The van der Waals surface area contributed by atoms with Crippen LogP contribution in [0.15, 0.2) is 225 Å². The van der Waals surface area contributed by atoms with E-state index in [1.54, 1.807) is 0 Å². The van der Waals surface area contributed by atoms with E-state index in [1.807, 2.05) is 0 Å². The van der Waals surface area contributed by atoms with E-state index < -0.39 is 0 Å². The molecule has 0 unspecified atom stereocenters. The van der Waals surface area contributed by atoms with Crippen molar-refractivity contribution in [2.75, 3.05) is 9.80 Å². The van der Waals surface area contributed by atoms with Crippen LogP contribution >= 0.6 is 0 Å². The third-order valence-corrected chi connectivity index (χ3v) is 14.1. The highest BCUT2D eigenvalue weighted by molar-refractivity contribution is 6.40. The molecule has 0 aliphatic rings. The van der Waals surface area contributed by atoms with Gasteiger partial charge in [-0.15, -0.1) is 0 Å². The molecule has 0 amide bonds. The summed E-state index contributed by atoms with van der Waals surface area (Å²) >= 11 is 0. The Morgan fingerprint density at radius 3 is 1.41 bits per heavy atom. The Hall–Kier alpha value is -8.93. The van der Waals surface area contributed by atoms with Crippen LogP contribution in [-0.2, 0) is 0 Å². The van der Waals surface area contributed by atoms with Gasteiger partial charge in [-0.05, 0) is 88.3 Å². The van der Waals surface area contributed by atoms with Gasteiger partial charge in [-0.25, -0.2) is 4.98 Å². The van der Waals surface area contributed by atoms with Gasteiger partial charge < -0.3 is 14.2 Å². The predicted molar refractivity (Wildman–Crippen MR) is 278 cm³/mol. The lowest BCUT2D eigenvalue weighted by Gasteiger charge is -2.27. The molecule has 0 aliphatic heterocycles. The van der Waals surface area contributed by atoms with Crippen LogP contribution in [0.4, 0.5) is 34.1 Å². The lowest BCUT2D eigenvalue weighted by molar-refractivity contribution is 1.23. The van der Waals surface area contributed by atoms with E-state index in [9.17, 15) is 0 Å². The van der Waals surface area contributed by atoms with Crippen molar-refractivity contribution in [3.63, 3.8) is 0 Å². The summed E-state index contributed by atoms with van der Waals surface area (Å²) in [5.41, 5.74) is 13.4. The molecule has 0 aliphatic carbocycles. The highest BCUT2D eigenvalue weighted by Crippen LogP contribution is 2.53. The van der Waals surface area contributed by atoms with Crippen LogP contribution in [0.3, 0.4) is 0 Å². The van der Waals surface area contributed by atoms with Gasteiger partial charge in [-0.2, -0.15) is 0 Å². The quantitative estimate of drug-likeness (QED) is 0.167. The maximum Gasteiger partial charge on any atom is 0.146 e. The molecule has 0 spiro atoms. The molecule has 0 N–H and O–H groups in total. The monoisotopic (exact) mass is 839 g/mol. The predicted octanol–water partition coefficient (Wildman–Crippen LogP) is 16.6. The number of pyridine rings is 1. The number of rotatable bonds is 6. The first-order valence-corrected chi connectivity index (χ1v) is 22.6. The molecule has 0 saturated carbocycles. The summed E-state index contributed by atoms with van der Waals surface area (Å²) in [5.74, 6) is 0. The van der Waals surface area contributed by atoms with Gasteiger partial charge in [0.2, 0.25) is 0 Å². The SMILES string of the molecule is c1ccc(N(c2ccccc2)c2cccc3c4cc5ccccc5c5c6c7c8cccc9c%10c%11ccccc%11cc(N(c%11ccccc%11)c%11ccccc%11)c%10n(c7ncc6n(c23)c45)c89)cc1. The summed E-state index contributed by atoms with van der Waals surface area (Å²) in [6, 6.07) is 79.3. The topological polar surface area (TPSA) is 28.2 Å². The van der Waals surface area contributed by atoms with E-state index in [-0.39, 0.29) is 0 Å². The highest BCUT2D eigenvalue weighted by atomic mass is 15.2. The molecule has 5 heteroatoms. The van der Waals surface area contributed by atoms with Crippen LogP contribution < -0.4 is 9.80 Å². The summed E-state index contributed by atoms with van der Waals surface area (Å²) in [4.78, 5) is 10.5. The van der Waals surface area contributed by atoms with Gasteiger partial charge in [0.15, 0.2) is 0 Å². The minimum atomic E-state index is 0.958. The maximum atomic E-state index is 5.66. The van der Waals surface area contributed by atoms with E-state index in [2.05, 4.69) is 243 Å². The molecule has 0 radical (unpaired) electrons. The zero-order valence-electron chi connectivity index (χ0n) is 35.6. The number of nitrogens with zero attached hydrogens (tertiary/aromatic N) is 5. The summed E-state index contributed by atoms with van der Waals surface area (Å²) in [5, 5.41) is 14.7. The van der Waals surface area contributed by atoms with Gasteiger partial charge in [-0.3, -0.25) is 4.40 Å². The summed E-state index contributed by atoms with van der Waals surface area (Å²) in [6.07, 6.45) is 2.16. The van der Waals surface area contributed by atoms with Crippen molar-refractivity contribution in [2.45, 2.75) is 0 Å². The summed E-state index contributed by atoms with van der Waals surface area (Å²) < 4.78 is 5.02. The molecule has 15 rings (SSSR count). The number of anilines is 6. The number of fused-ring (bicyclic) bond motifs is 17. The molecule has 66 heavy (non-hydrogen) atoms. The number of hydrogen-bond acceptors (Lipinski definition) is 3. The molecule has 10 aromatic carbocycles. The normalized spacial score (nSPS) is 12.2. The summed E-state index contributed by atoms with van der Waals surface area (Å²) in [7, 11) is 0. The first kappa shape index (κ1) is 35.5. The van der Waals surface area contributed by atoms with Crippen LogP contribution in [0.5, 0.6) is 0 Å². The van der Waals surface area contributed by atoms with Gasteiger partial charge in [0.1, 0.15) is 5.65 Å². The first-order valence-electron chi connectivity index (χ1n) is 22.6. The van der Waals surface area contributed by atoms with Gasteiger partial charge in [0.25, 0.3) is 0 Å². The fourth-order valence-electron chi connectivity index (χ4n) is 11.5. The standard InChI is InChI=1S/C61H37N5/c1-5-21-40(22-6-1)63(41-23-7-2-8-24-41)50-34-18-31-46-49-35-38-19-13-16-30-45(38)54-56-52(65(58(46)50)59(49)54)37-62-61-55(56)48-33-17-32-47-53-44-29-15-14-20-39(44)36-51(60(53)66(61)57(47)48)64(42-25-9-3-10-26-42)43-27-11-4-12-28-43/h1-37H. The minimum absolute atomic E-state index is 0.958. The molecule has 0 saturated heterocycles. The first-order chi connectivity index (χ1) is 32.8. The van der Waals surface area contributed by atoms with E-state index in [0.717, 1.165) is 56.3 Å². The highest BCUT2D eigenvalue weighted by Gasteiger charge is 2.30. The molecule has 306 valence electrons. The molecule has 0 bridgehead atoms. The molecule has 5 nitrogen and oxygen atoms in total. The van der Waals surface area contributed by atoms with Crippen molar-refractivity contribution in [1.82, 2.24) is 13.8 Å². The van der Waals surface area contributed by atoms with Gasteiger partial charge in [0, 0.05) is 65.8 Å². The van der Waals surface area contributed by atoms with Crippen LogP contribution in [0.25, 0.3) is 97.9 Å². The Kier molecular flexibility index (Phi) is 7.16. The fourth-order valence-corrected chi connectivity index (χ4v) is 11.5. The smallest absolute Gasteiger partial charge is 0.146 e. The lowest BCUT2D eigenvalue weighted by atomic mass is 9.97. The average Bonchev–Trinajstić information content (AvgIpc) is 4.12. The second-order valence-electron chi connectivity index (χ2n) is 17.5. The molecular weight excluding hydrogens is 803 g/mol. The Labute approximate surface area is 378 Å². The molecule has 5 aromatic heterocycles. The lowest BCUT2D eigenvalue weighted by Crippen LogP contribution is -2.11. The van der Waals surface area contributed by atoms with Crippen molar-refractivity contribution < 1.29 is 0 Å². The van der Waals surface area contributed by atoms with Crippen molar-refractivity contribution in [2.24, 2.45) is 0 Å². The van der Waals surface area contributed by atoms with Gasteiger partial charge >= 0.3 is 0 Å². The molecule has 0 fully saturated rings. The van der Waals surface area contributed by atoms with Crippen molar-refractivity contribution in [3.05, 3.63) is 225 Å². The maximum absolute atomic E-state index is 5.66. The van der Waals surface area contributed by atoms with Crippen LogP contribution in [-0.4, -0.2) is 13.8 Å². The van der Waals surface area contributed by atoms with Crippen LogP contribution in [0, 0.1) is 0 Å². The zero-order chi connectivity index (χ0) is 43.0. The van der Waals surface area contributed by atoms with Crippen LogP contribution in [0.2, 0.25) is 0 Å². The molecule has 15 aromatic rings. The number of para-hydroxylation sites is 6. The number of aromatic nitrogens is 3. The van der Waals surface area contributed by atoms with E-state index in [4.69, 9.17) is 4.98 Å². The third-order valence-electron chi connectivity index (χ3n) is 14.1. The average molecular weight is 840 g/mol. The van der Waals surface area contributed by atoms with Crippen LogP contribution in [0.1, 0.15) is 0 Å².